The summed E-state index contributed by atoms with van der Waals surface area (Å²) in [7, 11) is 0. The fraction of sp³-hybridized carbons (Fsp3) is 0.176. The highest BCUT2D eigenvalue weighted by atomic mass is 35.5. The Morgan fingerprint density at radius 1 is 1.00 bits per heavy atom. The molecule has 4 heteroatoms. The van der Waals surface area contributed by atoms with Crippen LogP contribution in [-0.2, 0) is 5.88 Å². The third-order valence-corrected chi connectivity index (χ3v) is 3.79. The van der Waals surface area contributed by atoms with Gasteiger partial charge in [-0.25, -0.2) is 4.68 Å². The van der Waals surface area contributed by atoms with Crippen LogP contribution >= 0.6 is 11.6 Å². The second-order valence-electron chi connectivity index (χ2n) is 5.08. The Bertz CT molecular complexity index is 760. The van der Waals surface area contributed by atoms with Crippen molar-refractivity contribution in [3.63, 3.8) is 0 Å². The number of halogens is 1. The van der Waals surface area contributed by atoms with E-state index in [-0.39, 0.29) is 0 Å². The van der Waals surface area contributed by atoms with Crippen LogP contribution < -0.4 is 0 Å². The van der Waals surface area contributed by atoms with Gasteiger partial charge >= 0.3 is 0 Å². The molecule has 0 N–H and O–H groups in total. The van der Waals surface area contributed by atoms with Crippen LogP contribution in [-0.4, -0.2) is 15.0 Å². The first kappa shape index (κ1) is 13.8. The van der Waals surface area contributed by atoms with E-state index in [0.717, 1.165) is 28.2 Å². The summed E-state index contributed by atoms with van der Waals surface area (Å²) in [6.07, 6.45) is 0. The predicted octanol–water partition coefficient (Wildman–Crippen LogP) is 4.29. The van der Waals surface area contributed by atoms with E-state index in [1.54, 1.807) is 0 Å². The number of alkyl halides is 1. The molecule has 0 atom stereocenters. The third-order valence-electron chi connectivity index (χ3n) is 3.54. The topological polar surface area (TPSA) is 30.7 Å². The average molecular weight is 298 g/mol. The van der Waals surface area contributed by atoms with Crippen molar-refractivity contribution in [2.75, 3.05) is 0 Å². The summed E-state index contributed by atoms with van der Waals surface area (Å²) >= 11 is 6.04. The van der Waals surface area contributed by atoms with Gasteiger partial charge in [0.05, 0.1) is 17.3 Å². The number of para-hydroxylation sites is 1. The van der Waals surface area contributed by atoms with E-state index in [9.17, 15) is 0 Å². The first-order valence-corrected chi connectivity index (χ1v) is 7.37. The van der Waals surface area contributed by atoms with Crippen molar-refractivity contribution in [2.24, 2.45) is 0 Å². The van der Waals surface area contributed by atoms with Gasteiger partial charge in [-0.1, -0.05) is 53.2 Å². The van der Waals surface area contributed by atoms with Crippen molar-refractivity contribution >= 4 is 11.6 Å². The molecule has 0 unspecified atom stereocenters. The lowest BCUT2D eigenvalue weighted by molar-refractivity contribution is 0.800. The maximum atomic E-state index is 6.04. The number of aryl methyl sites for hydroxylation is 2. The average Bonchev–Trinajstić information content (AvgIpc) is 2.92. The zero-order valence-electron chi connectivity index (χ0n) is 12.0. The minimum atomic E-state index is 0.342. The lowest BCUT2D eigenvalue weighted by Gasteiger charge is -2.10. The van der Waals surface area contributed by atoms with Crippen molar-refractivity contribution in [1.29, 1.82) is 0 Å². The van der Waals surface area contributed by atoms with Crippen LogP contribution in [0.5, 0.6) is 0 Å². The summed E-state index contributed by atoms with van der Waals surface area (Å²) in [5, 5.41) is 8.53. The van der Waals surface area contributed by atoms with Gasteiger partial charge in [-0.3, -0.25) is 0 Å². The van der Waals surface area contributed by atoms with Gasteiger partial charge in [0.15, 0.2) is 0 Å². The molecule has 2 aromatic carbocycles. The third kappa shape index (κ3) is 2.57. The monoisotopic (exact) mass is 297 g/mol. The minimum Gasteiger partial charge on any atom is -0.212 e. The van der Waals surface area contributed by atoms with Crippen molar-refractivity contribution in [1.82, 2.24) is 15.0 Å². The lowest BCUT2D eigenvalue weighted by atomic mass is 10.1. The normalized spacial score (nSPS) is 10.8. The van der Waals surface area contributed by atoms with E-state index >= 15 is 0 Å². The second-order valence-corrected chi connectivity index (χ2v) is 5.35. The SMILES string of the molecule is Cc1ccc(-c2c(CCl)nnn2-c2ccccc2C)cc1. The Kier molecular flexibility index (Phi) is 3.76. The van der Waals surface area contributed by atoms with Crippen molar-refractivity contribution in [3.8, 4) is 16.9 Å². The molecular formula is C17H16ClN3. The van der Waals surface area contributed by atoms with E-state index in [2.05, 4.69) is 54.5 Å². The highest BCUT2D eigenvalue weighted by molar-refractivity contribution is 6.17. The maximum Gasteiger partial charge on any atom is 0.106 e. The molecular weight excluding hydrogens is 282 g/mol. The summed E-state index contributed by atoms with van der Waals surface area (Å²) < 4.78 is 1.87. The number of nitrogens with zero attached hydrogens (tertiary/aromatic N) is 3. The Balaban J connectivity index is 2.22. The van der Waals surface area contributed by atoms with Crippen molar-refractivity contribution in [2.45, 2.75) is 19.7 Å². The van der Waals surface area contributed by atoms with E-state index < -0.39 is 0 Å². The molecule has 106 valence electrons. The van der Waals surface area contributed by atoms with Gasteiger partial charge in [-0.2, -0.15) is 0 Å². The highest BCUT2D eigenvalue weighted by Crippen LogP contribution is 2.27. The fourth-order valence-corrected chi connectivity index (χ4v) is 2.55. The molecule has 3 rings (SSSR count). The molecule has 0 spiro atoms. The van der Waals surface area contributed by atoms with Crippen LogP contribution in [0.2, 0.25) is 0 Å². The van der Waals surface area contributed by atoms with Gasteiger partial charge in [0, 0.05) is 5.56 Å². The van der Waals surface area contributed by atoms with E-state index in [1.165, 1.54) is 5.56 Å². The molecule has 0 radical (unpaired) electrons. The molecule has 0 aliphatic carbocycles. The number of aromatic nitrogens is 3. The summed E-state index contributed by atoms with van der Waals surface area (Å²) in [6.45, 7) is 4.14. The molecule has 3 nitrogen and oxygen atoms in total. The molecule has 0 amide bonds. The van der Waals surface area contributed by atoms with E-state index in [0.29, 0.717) is 5.88 Å². The van der Waals surface area contributed by atoms with Gasteiger partial charge in [-0.05, 0) is 25.5 Å². The maximum absolute atomic E-state index is 6.04. The van der Waals surface area contributed by atoms with E-state index in [1.807, 2.05) is 22.9 Å². The Labute approximate surface area is 129 Å². The molecule has 0 aliphatic heterocycles. The second kappa shape index (κ2) is 5.70. The van der Waals surface area contributed by atoms with Crippen LogP contribution in [0.25, 0.3) is 16.9 Å². The Hall–Kier alpha value is -2.13. The molecule has 0 fully saturated rings. The van der Waals surface area contributed by atoms with Gasteiger partial charge < -0.3 is 0 Å². The van der Waals surface area contributed by atoms with Gasteiger partial charge in [0.25, 0.3) is 0 Å². The largest absolute Gasteiger partial charge is 0.212 e. The summed E-state index contributed by atoms with van der Waals surface area (Å²) in [4.78, 5) is 0. The lowest BCUT2D eigenvalue weighted by Crippen LogP contribution is -2.02. The molecule has 1 heterocycles. The summed E-state index contributed by atoms with van der Waals surface area (Å²) in [6, 6.07) is 16.5. The van der Waals surface area contributed by atoms with E-state index in [4.69, 9.17) is 11.6 Å². The van der Waals surface area contributed by atoms with Crippen LogP contribution in [0.1, 0.15) is 16.8 Å². The van der Waals surface area contributed by atoms with Gasteiger partial charge in [-0.15, -0.1) is 16.7 Å². The molecule has 3 aromatic rings. The molecule has 1 aromatic heterocycles. The minimum absolute atomic E-state index is 0.342. The number of rotatable bonds is 3. The quantitative estimate of drug-likeness (QED) is 0.675. The molecule has 0 aliphatic rings. The highest BCUT2D eigenvalue weighted by Gasteiger charge is 2.16. The standard InChI is InChI=1S/C17H16ClN3/c1-12-7-9-14(10-8-12)17-15(11-18)19-20-21(17)16-6-4-3-5-13(16)2/h3-10H,11H2,1-2H3. The summed E-state index contributed by atoms with van der Waals surface area (Å²) in [5.74, 6) is 0.342. The van der Waals surface area contributed by atoms with Crippen LogP contribution in [0.15, 0.2) is 48.5 Å². The predicted molar refractivity (Wildman–Crippen MR) is 85.8 cm³/mol. The van der Waals surface area contributed by atoms with Crippen molar-refractivity contribution < 1.29 is 0 Å². The van der Waals surface area contributed by atoms with Crippen molar-refractivity contribution in [3.05, 3.63) is 65.4 Å². The summed E-state index contributed by atoms with van der Waals surface area (Å²) in [5.41, 5.74) is 6.22. The van der Waals surface area contributed by atoms with Crippen LogP contribution in [0, 0.1) is 13.8 Å². The Morgan fingerprint density at radius 3 is 2.38 bits per heavy atom. The van der Waals surface area contributed by atoms with Gasteiger partial charge in [0.2, 0.25) is 0 Å². The Morgan fingerprint density at radius 2 is 1.71 bits per heavy atom. The zero-order valence-corrected chi connectivity index (χ0v) is 12.8. The number of hydrogen-bond donors (Lipinski definition) is 0. The molecule has 21 heavy (non-hydrogen) atoms. The first-order valence-electron chi connectivity index (χ1n) is 6.84. The molecule has 0 saturated heterocycles. The smallest absolute Gasteiger partial charge is 0.106 e. The first-order chi connectivity index (χ1) is 10.2. The molecule has 0 saturated carbocycles. The van der Waals surface area contributed by atoms with Crippen LogP contribution in [0.4, 0.5) is 0 Å². The fourth-order valence-electron chi connectivity index (χ4n) is 2.37. The number of hydrogen-bond acceptors (Lipinski definition) is 2. The van der Waals surface area contributed by atoms with Crippen LogP contribution in [0.3, 0.4) is 0 Å². The number of benzene rings is 2. The zero-order chi connectivity index (χ0) is 14.8. The molecule has 0 bridgehead atoms. The van der Waals surface area contributed by atoms with Gasteiger partial charge in [0.1, 0.15) is 5.69 Å².